The van der Waals surface area contributed by atoms with E-state index in [9.17, 15) is 14.4 Å². The molecule has 7 heteroatoms. The van der Waals surface area contributed by atoms with Gasteiger partial charge in [0.05, 0.1) is 6.04 Å². The monoisotopic (exact) mass is 312 g/mol. The Morgan fingerprint density at radius 2 is 2.04 bits per heavy atom. The minimum absolute atomic E-state index is 0.169. The molecule has 0 radical (unpaired) electrons. The first-order valence-corrected chi connectivity index (χ1v) is 7.13. The highest BCUT2D eigenvalue weighted by Crippen LogP contribution is 2.15. The second-order valence-electron chi connectivity index (χ2n) is 4.98. The molecule has 118 valence electrons. The molecule has 1 aromatic heterocycles. The molecule has 7 nitrogen and oxygen atoms in total. The lowest BCUT2D eigenvalue weighted by Gasteiger charge is -2.17. The number of nitrogens with one attached hydrogen (secondary N) is 2. The second-order valence-corrected chi connectivity index (χ2v) is 4.98. The Hall–Kier alpha value is -3.14. The molecular formula is C16H16N4O3. The van der Waals surface area contributed by atoms with Crippen LogP contribution in [0.15, 0.2) is 46.1 Å². The van der Waals surface area contributed by atoms with Crippen molar-refractivity contribution in [3.8, 4) is 6.07 Å². The lowest BCUT2D eigenvalue weighted by Crippen LogP contribution is -2.37. The summed E-state index contributed by atoms with van der Waals surface area (Å²) in [5, 5.41) is 11.7. The maximum absolute atomic E-state index is 12.1. The molecule has 1 aromatic carbocycles. The Morgan fingerprint density at radius 3 is 2.65 bits per heavy atom. The van der Waals surface area contributed by atoms with Gasteiger partial charge in [-0.15, -0.1) is 0 Å². The van der Waals surface area contributed by atoms with Gasteiger partial charge in [0.2, 0.25) is 5.91 Å². The van der Waals surface area contributed by atoms with E-state index in [4.69, 9.17) is 5.26 Å². The third-order valence-electron chi connectivity index (χ3n) is 3.39. The summed E-state index contributed by atoms with van der Waals surface area (Å²) in [6.45, 7) is 1.67. The average molecular weight is 312 g/mol. The number of nitriles is 1. The number of rotatable bonds is 5. The quantitative estimate of drug-likeness (QED) is 0.846. The summed E-state index contributed by atoms with van der Waals surface area (Å²) in [7, 11) is 0. The normalized spacial score (nSPS) is 11.5. The highest BCUT2D eigenvalue weighted by atomic mass is 16.2. The Bertz CT molecular complexity index is 846. The van der Waals surface area contributed by atoms with Gasteiger partial charge in [-0.25, -0.2) is 4.79 Å². The van der Waals surface area contributed by atoms with E-state index in [0.717, 1.165) is 16.3 Å². The molecule has 2 N–H and O–H groups in total. The molecule has 0 fully saturated rings. The van der Waals surface area contributed by atoms with Crippen LogP contribution < -0.4 is 16.6 Å². The maximum Gasteiger partial charge on any atom is 0.328 e. The van der Waals surface area contributed by atoms with Crippen molar-refractivity contribution in [3.63, 3.8) is 0 Å². The van der Waals surface area contributed by atoms with Gasteiger partial charge in [-0.1, -0.05) is 37.3 Å². The summed E-state index contributed by atoms with van der Waals surface area (Å²) in [4.78, 5) is 37.2. The second kappa shape index (κ2) is 7.22. The predicted molar refractivity (Wildman–Crippen MR) is 83.7 cm³/mol. The summed E-state index contributed by atoms with van der Waals surface area (Å²) in [5.74, 6) is -0.376. The summed E-state index contributed by atoms with van der Waals surface area (Å²) < 4.78 is 1.01. The van der Waals surface area contributed by atoms with E-state index in [-0.39, 0.29) is 24.1 Å². The van der Waals surface area contributed by atoms with Crippen molar-refractivity contribution >= 4 is 5.91 Å². The Morgan fingerprint density at radius 1 is 1.35 bits per heavy atom. The molecule has 0 aliphatic rings. The van der Waals surface area contributed by atoms with Crippen LogP contribution in [0.5, 0.6) is 0 Å². The highest BCUT2D eigenvalue weighted by molar-refractivity contribution is 5.76. The van der Waals surface area contributed by atoms with Crippen LogP contribution in [-0.4, -0.2) is 15.5 Å². The first kappa shape index (κ1) is 16.2. The van der Waals surface area contributed by atoms with Crippen molar-refractivity contribution in [2.45, 2.75) is 25.9 Å². The molecule has 0 saturated carbocycles. The standard InChI is InChI=1S/C16H16N4O3/c1-2-13(11-6-4-3-5-7-11)18-14(21)10-20-9-12(8-17)15(22)19-16(20)23/h3-7,9,13H,2,10H2,1H3,(H,18,21)(H,19,22,23). The number of benzene rings is 1. The van der Waals surface area contributed by atoms with Gasteiger partial charge >= 0.3 is 5.69 Å². The molecule has 1 amide bonds. The molecular weight excluding hydrogens is 296 g/mol. The fraction of sp³-hybridized carbons (Fsp3) is 0.250. The zero-order valence-corrected chi connectivity index (χ0v) is 12.6. The first-order valence-electron chi connectivity index (χ1n) is 7.13. The summed E-state index contributed by atoms with van der Waals surface area (Å²) in [6.07, 6.45) is 1.78. The van der Waals surface area contributed by atoms with Crippen molar-refractivity contribution in [1.29, 1.82) is 5.26 Å². The van der Waals surface area contributed by atoms with Crippen LogP contribution in [0, 0.1) is 11.3 Å². The minimum atomic E-state index is -0.759. The number of carbonyl (C=O) groups is 1. The molecule has 2 aromatic rings. The van der Waals surface area contributed by atoms with Crippen molar-refractivity contribution in [2.75, 3.05) is 0 Å². The third-order valence-corrected chi connectivity index (χ3v) is 3.39. The van der Waals surface area contributed by atoms with Crippen molar-refractivity contribution in [3.05, 3.63) is 68.5 Å². The molecule has 2 rings (SSSR count). The first-order chi connectivity index (χ1) is 11.0. The smallest absolute Gasteiger partial charge is 0.328 e. The van der Waals surface area contributed by atoms with Gasteiger partial charge < -0.3 is 5.32 Å². The molecule has 1 atom stereocenters. The zero-order chi connectivity index (χ0) is 16.8. The number of amides is 1. The Labute approximate surface area is 132 Å². The van der Waals surface area contributed by atoms with Crippen LogP contribution >= 0.6 is 0 Å². The number of nitrogens with zero attached hydrogens (tertiary/aromatic N) is 2. The topological polar surface area (TPSA) is 108 Å². The van der Waals surface area contributed by atoms with Crippen molar-refractivity contribution < 1.29 is 4.79 Å². The van der Waals surface area contributed by atoms with Crippen LogP contribution in [-0.2, 0) is 11.3 Å². The number of hydrogen-bond donors (Lipinski definition) is 2. The van der Waals surface area contributed by atoms with Crippen LogP contribution in [0.2, 0.25) is 0 Å². The van der Waals surface area contributed by atoms with E-state index in [1.807, 2.05) is 42.2 Å². The number of hydrogen-bond acceptors (Lipinski definition) is 4. The van der Waals surface area contributed by atoms with Gasteiger partial charge in [-0.05, 0) is 12.0 Å². The number of aromatic nitrogens is 2. The fourth-order valence-electron chi connectivity index (χ4n) is 2.21. The Kier molecular flexibility index (Phi) is 5.10. The average Bonchev–Trinajstić information content (AvgIpc) is 2.56. The SMILES string of the molecule is CCC(NC(=O)Cn1cc(C#N)c(=O)[nH]c1=O)c1ccccc1. The third kappa shape index (κ3) is 3.95. The van der Waals surface area contributed by atoms with Crippen LogP contribution in [0.4, 0.5) is 0 Å². The van der Waals surface area contributed by atoms with Gasteiger partial charge in [0.15, 0.2) is 0 Å². The molecule has 0 bridgehead atoms. The summed E-state index contributed by atoms with van der Waals surface area (Å²) in [6, 6.07) is 11.0. The van der Waals surface area contributed by atoms with Gasteiger partial charge in [0.1, 0.15) is 18.2 Å². The van der Waals surface area contributed by atoms with Crippen molar-refractivity contribution in [2.24, 2.45) is 0 Å². The van der Waals surface area contributed by atoms with Crippen LogP contribution in [0.25, 0.3) is 0 Å². The van der Waals surface area contributed by atoms with E-state index in [1.54, 1.807) is 6.07 Å². The molecule has 1 unspecified atom stereocenters. The molecule has 0 aliphatic heterocycles. The van der Waals surface area contributed by atoms with Gasteiger partial charge in [-0.3, -0.25) is 19.1 Å². The summed E-state index contributed by atoms with van der Waals surface area (Å²) >= 11 is 0. The summed E-state index contributed by atoms with van der Waals surface area (Å²) in [5.41, 5.74) is -0.732. The van der Waals surface area contributed by atoms with Crippen LogP contribution in [0.1, 0.15) is 30.5 Å². The largest absolute Gasteiger partial charge is 0.348 e. The fourth-order valence-corrected chi connectivity index (χ4v) is 2.21. The number of H-pyrrole nitrogens is 1. The molecule has 0 spiro atoms. The zero-order valence-electron chi connectivity index (χ0n) is 12.6. The number of aromatic amines is 1. The van der Waals surface area contributed by atoms with Crippen molar-refractivity contribution in [1.82, 2.24) is 14.9 Å². The number of carbonyl (C=O) groups excluding carboxylic acids is 1. The molecule has 0 saturated heterocycles. The van der Waals surface area contributed by atoms with E-state index in [0.29, 0.717) is 6.42 Å². The van der Waals surface area contributed by atoms with Crippen LogP contribution in [0.3, 0.4) is 0 Å². The lowest BCUT2D eigenvalue weighted by atomic mass is 10.0. The van der Waals surface area contributed by atoms with E-state index < -0.39 is 11.2 Å². The minimum Gasteiger partial charge on any atom is -0.348 e. The van der Waals surface area contributed by atoms with E-state index >= 15 is 0 Å². The molecule has 0 aliphatic carbocycles. The van der Waals surface area contributed by atoms with Gasteiger partial charge in [0.25, 0.3) is 5.56 Å². The van der Waals surface area contributed by atoms with Gasteiger partial charge in [-0.2, -0.15) is 5.26 Å². The molecule has 23 heavy (non-hydrogen) atoms. The molecule has 1 heterocycles. The van der Waals surface area contributed by atoms with E-state index in [1.165, 1.54) is 0 Å². The Balaban J connectivity index is 2.15. The van der Waals surface area contributed by atoms with Gasteiger partial charge in [0, 0.05) is 6.20 Å². The highest BCUT2D eigenvalue weighted by Gasteiger charge is 2.14. The van der Waals surface area contributed by atoms with E-state index in [2.05, 4.69) is 5.32 Å². The predicted octanol–water partition coefficient (Wildman–Crippen LogP) is 0.676. The lowest BCUT2D eigenvalue weighted by molar-refractivity contribution is -0.122. The maximum atomic E-state index is 12.1.